The lowest BCUT2D eigenvalue weighted by Gasteiger charge is -2.29. The summed E-state index contributed by atoms with van der Waals surface area (Å²) >= 11 is 6.37. The topological polar surface area (TPSA) is 94.0 Å². The third-order valence-electron chi connectivity index (χ3n) is 5.10. The molecular weight excluding hydrogens is 509 g/mol. The molecule has 3 heterocycles. The zero-order valence-electron chi connectivity index (χ0n) is 19.3. The van der Waals surface area contributed by atoms with Gasteiger partial charge in [0.25, 0.3) is 11.8 Å². The van der Waals surface area contributed by atoms with Gasteiger partial charge in [0.1, 0.15) is 34.4 Å². The molecule has 14 heteroatoms. The third kappa shape index (κ3) is 3.87. The summed E-state index contributed by atoms with van der Waals surface area (Å²) in [6.45, 7) is -3.52. The average Bonchev–Trinajstić information content (AvgIpc) is 3.33. The van der Waals surface area contributed by atoms with E-state index in [-0.39, 0.29) is 26.1 Å². The highest BCUT2D eigenvalue weighted by Gasteiger charge is 2.53. The van der Waals surface area contributed by atoms with Gasteiger partial charge >= 0.3 is 6.18 Å². The molecule has 0 aliphatic carbocycles. The minimum atomic E-state index is -4.95. The number of pyridine rings is 1. The Hall–Kier alpha value is -2.87. The molecule has 3 atom stereocenters. The van der Waals surface area contributed by atoms with E-state index in [1.807, 2.05) is 0 Å². The van der Waals surface area contributed by atoms with E-state index in [0.29, 0.717) is 12.1 Å². The van der Waals surface area contributed by atoms with Crippen molar-refractivity contribution in [1.82, 2.24) is 4.98 Å². The van der Waals surface area contributed by atoms with Gasteiger partial charge in [-0.2, -0.15) is 13.2 Å². The van der Waals surface area contributed by atoms with Crippen molar-refractivity contribution >= 4 is 56.5 Å². The maximum Gasteiger partial charge on any atom is 0.417 e. The molecule has 1 saturated heterocycles. The number of aliphatic hydroxyl groups is 2. The van der Waals surface area contributed by atoms with Crippen molar-refractivity contribution in [2.24, 2.45) is 0 Å². The number of alkyl halides is 3. The Balaban J connectivity index is 1.90. The molecule has 34 heavy (non-hydrogen) atoms. The lowest BCUT2D eigenvalue weighted by Crippen LogP contribution is -2.50. The van der Waals surface area contributed by atoms with Gasteiger partial charge in [0.2, 0.25) is 0 Å². The maximum absolute atomic E-state index is 14.6. The van der Waals surface area contributed by atoms with Gasteiger partial charge in [0.15, 0.2) is 6.10 Å². The Bertz CT molecular complexity index is 1420. The first-order chi connectivity index (χ1) is 17.0. The summed E-state index contributed by atoms with van der Waals surface area (Å²) < 4.78 is 92.6. The minimum Gasteiger partial charge on any atom is -0.387 e. The van der Waals surface area contributed by atoms with Crippen molar-refractivity contribution in [3.8, 4) is 0 Å². The number of fused-ring (bicyclic) bond motifs is 1. The summed E-state index contributed by atoms with van der Waals surface area (Å²) in [5.41, 5.74) is -2.33. The summed E-state index contributed by atoms with van der Waals surface area (Å²) in [4.78, 5) is 30.0. The first kappa shape index (κ1) is 20.5. The van der Waals surface area contributed by atoms with Gasteiger partial charge in [-0.05, 0) is 23.6 Å². The molecule has 0 spiro atoms. The van der Waals surface area contributed by atoms with Crippen molar-refractivity contribution < 1.29 is 45.9 Å². The molecule has 1 aliphatic rings. The number of thiophene rings is 1. The molecule has 180 valence electrons. The van der Waals surface area contributed by atoms with E-state index in [4.69, 9.17) is 15.7 Å². The Morgan fingerprint density at radius 3 is 2.62 bits per heavy atom. The van der Waals surface area contributed by atoms with E-state index in [0.717, 1.165) is 17.4 Å². The predicted octanol–water partition coefficient (Wildman–Crippen LogP) is 3.35. The van der Waals surface area contributed by atoms with Crippen LogP contribution in [0.3, 0.4) is 0 Å². The van der Waals surface area contributed by atoms with Crippen molar-refractivity contribution in [2.45, 2.75) is 24.4 Å². The van der Waals surface area contributed by atoms with E-state index >= 15 is 0 Å². The molecule has 0 saturated carbocycles. The third-order valence-corrected chi connectivity index (χ3v) is 6.19. The lowest BCUT2D eigenvalue weighted by atomic mass is 10.1. The fraction of sp³-hybridized carbons (Fsp3) is 0.250. The lowest BCUT2D eigenvalue weighted by molar-refractivity contribution is -0.136. The Kier molecular flexibility index (Phi) is 5.07. The molecule has 2 N–H and O–H groups in total. The molecule has 2 amide bonds. The number of halogens is 6. The van der Waals surface area contributed by atoms with Crippen LogP contribution in [0.25, 0.3) is 10.2 Å². The number of hydrogen-bond donors (Lipinski definition) is 2. The molecule has 0 unspecified atom stereocenters. The van der Waals surface area contributed by atoms with Gasteiger partial charge in [-0.15, -0.1) is 11.3 Å². The number of aliphatic hydroxyl groups excluding tert-OH is 2. The number of amides is 2. The zero-order chi connectivity index (χ0) is 27.6. The van der Waals surface area contributed by atoms with Crippen LogP contribution >= 0.6 is 22.9 Å². The van der Waals surface area contributed by atoms with Crippen LogP contribution in [0.15, 0.2) is 29.6 Å². The summed E-state index contributed by atoms with van der Waals surface area (Å²) in [7, 11) is 0. The van der Waals surface area contributed by atoms with E-state index < -0.39 is 76.9 Å². The van der Waals surface area contributed by atoms with Crippen LogP contribution in [0.1, 0.15) is 9.68 Å². The van der Waals surface area contributed by atoms with Crippen molar-refractivity contribution in [3.05, 3.63) is 51.9 Å². The maximum atomic E-state index is 14.6. The Morgan fingerprint density at radius 1 is 1.26 bits per heavy atom. The van der Waals surface area contributed by atoms with Gasteiger partial charge in [-0.25, -0.2) is 13.8 Å². The van der Waals surface area contributed by atoms with E-state index in [2.05, 4.69) is 4.98 Å². The summed E-state index contributed by atoms with van der Waals surface area (Å²) in [5, 5.41) is 20.8. The highest BCUT2D eigenvalue weighted by molar-refractivity contribution is 7.16. The molecule has 4 rings (SSSR count). The number of rotatable bonds is 3. The fourth-order valence-electron chi connectivity index (χ4n) is 3.49. The van der Waals surface area contributed by atoms with Gasteiger partial charge < -0.3 is 15.1 Å². The first-order valence-electron chi connectivity index (χ1n) is 10.7. The summed E-state index contributed by atoms with van der Waals surface area (Å²) in [6, 6.07) is -0.188. The van der Waals surface area contributed by atoms with Crippen molar-refractivity contribution in [2.75, 3.05) is 16.8 Å². The molecule has 0 radical (unpaired) electrons. The quantitative estimate of drug-likeness (QED) is 0.405. The van der Waals surface area contributed by atoms with E-state index in [9.17, 15) is 41.8 Å². The van der Waals surface area contributed by atoms with Crippen molar-refractivity contribution in [1.29, 1.82) is 0 Å². The van der Waals surface area contributed by atoms with Crippen LogP contribution in [-0.2, 0) is 15.8 Å². The molecule has 1 aliphatic heterocycles. The van der Waals surface area contributed by atoms with Crippen LogP contribution in [0.2, 0.25) is 5.02 Å². The first-order valence-corrected chi connectivity index (χ1v) is 10.4. The Labute approximate surface area is 200 Å². The van der Waals surface area contributed by atoms with E-state index in [1.54, 1.807) is 0 Å². The number of nitrogens with zero attached hydrogens (tertiary/aromatic N) is 3. The number of carbonyl (C=O) groups is 2. The number of hydrogen-bond acceptors (Lipinski definition) is 6. The summed E-state index contributed by atoms with van der Waals surface area (Å²) in [5.74, 6) is -6.88. The summed E-state index contributed by atoms with van der Waals surface area (Å²) in [6.07, 6.45) is -9.68. The number of benzene rings is 1. The average molecular weight is 525 g/mol. The van der Waals surface area contributed by atoms with Crippen LogP contribution in [0.5, 0.6) is 0 Å². The van der Waals surface area contributed by atoms with Crippen molar-refractivity contribution in [3.63, 3.8) is 0 Å². The standard InChI is InChI=1S/C20H13ClF5N3O4S/c1-28(12-5-9(21)10(22)6-11(12)23)18(32)14-15(30)16(31)19(33)29(14)13-4-8(20(24,25)26)7-2-3-34-17(7)27-13/h2-6,14-16,30-31H,1H3/t14-,15-,16-/m0/s1/i1D3. The van der Waals surface area contributed by atoms with Crippen LogP contribution in [0, 0.1) is 11.6 Å². The number of carbonyl (C=O) groups excluding carboxylic acids is 2. The Morgan fingerprint density at radius 2 is 1.97 bits per heavy atom. The molecule has 7 nitrogen and oxygen atoms in total. The van der Waals surface area contributed by atoms with Gasteiger partial charge in [0, 0.05) is 22.5 Å². The fourth-order valence-corrected chi connectivity index (χ4v) is 4.43. The van der Waals surface area contributed by atoms with Crippen LogP contribution < -0.4 is 9.80 Å². The van der Waals surface area contributed by atoms with Gasteiger partial charge in [-0.3, -0.25) is 14.5 Å². The van der Waals surface area contributed by atoms with Gasteiger partial charge in [-0.1, -0.05) is 11.6 Å². The highest BCUT2D eigenvalue weighted by Crippen LogP contribution is 2.40. The van der Waals surface area contributed by atoms with E-state index in [1.165, 1.54) is 5.38 Å². The predicted molar refractivity (Wildman–Crippen MR) is 113 cm³/mol. The molecular formula is C20H13ClF5N3O4S. The monoisotopic (exact) mass is 524 g/mol. The second-order valence-corrected chi connectivity index (χ2v) is 8.45. The highest BCUT2D eigenvalue weighted by atomic mass is 35.5. The van der Waals surface area contributed by atoms with Gasteiger partial charge in [0.05, 0.1) is 16.3 Å². The molecule has 2 aromatic heterocycles. The minimum absolute atomic E-state index is 0.189. The smallest absolute Gasteiger partial charge is 0.387 e. The number of anilines is 2. The molecule has 1 aromatic carbocycles. The SMILES string of the molecule is [2H]C([2H])([2H])N(C(=O)[C@@H]1[C@H](O)[C@H](O)C(=O)N1c1cc(C(F)(F)F)c2ccsc2n1)c1cc(Cl)c(F)cc1F. The zero-order valence-corrected chi connectivity index (χ0v) is 17.9. The second-order valence-electron chi connectivity index (χ2n) is 7.15. The van der Waals surface area contributed by atoms with Crippen LogP contribution in [0.4, 0.5) is 33.5 Å². The van der Waals surface area contributed by atoms with Crippen LogP contribution in [-0.4, -0.2) is 52.2 Å². The normalized spacial score (nSPS) is 22.6. The number of likely N-dealkylation sites (N-methyl/N-ethyl adjacent to an activating group) is 1. The molecule has 0 bridgehead atoms. The second kappa shape index (κ2) is 8.41. The molecule has 1 fully saturated rings. The molecule has 3 aromatic rings. The largest absolute Gasteiger partial charge is 0.417 e. The number of aromatic nitrogens is 1.